The highest BCUT2D eigenvalue weighted by molar-refractivity contribution is 8.00. The number of nitrogens with zero attached hydrogens (tertiary/aromatic N) is 3. The summed E-state index contributed by atoms with van der Waals surface area (Å²) in [5, 5.41) is 15.5. The average Bonchev–Trinajstić information content (AvgIpc) is 2.75. The number of rotatable bonds is 4. The lowest BCUT2D eigenvalue weighted by Gasteiger charge is -2.06. The first-order valence-electron chi connectivity index (χ1n) is 6.12. The van der Waals surface area contributed by atoms with Crippen LogP contribution < -0.4 is 5.32 Å². The summed E-state index contributed by atoms with van der Waals surface area (Å²) in [4.78, 5) is 12.2. The van der Waals surface area contributed by atoms with Gasteiger partial charge in [-0.25, -0.2) is 4.39 Å². The van der Waals surface area contributed by atoms with E-state index in [2.05, 4.69) is 10.4 Å². The molecule has 0 fully saturated rings. The second-order valence-corrected chi connectivity index (χ2v) is 5.41. The number of thioether (sulfide) groups is 1. The van der Waals surface area contributed by atoms with Crippen molar-refractivity contribution in [2.24, 2.45) is 7.05 Å². The highest BCUT2D eigenvalue weighted by Crippen LogP contribution is 2.22. The number of halogens is 1. The van der Waals surface area contributed by atoms with E-state index in [9.17, 15) is 9.18 Å². The summed E-state index contributed by atoms with van der Waals surface area (Å²) < 4.78 is 15.2. The summed E-state index contributed by atoms with van der Waals surface area (Å²) in [7, 11) is 1.73. The molecule has 0 bridgehead atoms. The molecule has 0 radical (unpaired) electrons. The van der Waals surface area contributed by atoms with Crippen LogP contribution in [0.15, 0.2) is 29.2 Å². The number of benzene rings is 1. The quantitative estimate of drug-likeness (QED) is 0.881. The second-order valence-electron chi connectivity index (χ2n) is 4.39. The number of carbonyl (C=O) groups excluding carboxylic acids is 1. The van der Waals surface area contributed by atoms with E-state index in [4.69, 9.17) is 5.26 Å². The van der Waals surface area contributed by atoms with Crippen LogP contribution in [0.2, 0.25) is 0 Å². The van der Waals surface area contributed by atoms with Gasteiger partial charge in [0.15, 0.2) is 0 Å². The van der Waals surface area contributed by atoms with E-state index in [1.165, 1.54) is 12.1 Å². The van der Waals surface area contributed by atoms with Gasteiger partial charge in [0.2, 0.25) is 5.91 Å². The van der Waals surface area contributed by atoms with Crippen LogP contribution >= 0.6 is 11.8 Å². The molecule has 0 aliphatic rings. The van der Waals surface area contributed by atoms with E-state index in [-0.39, 0.29) is 17.2 Å². The molecule has 7 heteroatoms. The third kappa shape index (κ3) is 3.83. The van der Waals surface area contributed by atoms with Gasteiger partial charge in [0.25, 0.3) is 0 Å². The largest absolute Gasteiger partial charge is 0.310 e. The molecule has 5 nitrogen and oxygen atoms in total. The van der Waals surface area contributed by atoms with Crippen molar-refractivity contribution in [2.45, 2.75) is 11.8 Å². The lowest BCUT2D eigenvalue weighted by atomic mass is 10.2. The topological polar surface area (TPSA) is 70.7 Å². The number of carbonyl (C=O) groups is 1. The Balaban J connectivity index is 1.95. The molecule has 0 spiro atoms. The minimum absolute atomic E-state index is 0.0764. The number of aryl methyl sites for hydroxylation is 2. The number of aromatic nitrogens is 2. The maximum Gasteiger partial charge on any atom is 0.235 e. The van der Waals surface area contributed by atoms with Crippen molar-refractivity contribution in [1.29, 1.82) is 5.26 Å². The van der Waals surface area contributed by atoms with Crippen molar-refractivity contribution in [1.82, 2.24) is 9.78 Å². The number of nitriles is 1. The van der Waals surface area contributed by atoms with E-state index in [0.717, 1.165) is 23.5 Å². The molecular weight excluding hydrogens is 291 g/mol. The normalized spacial score (nSPS) is 10.2. The van der Waals surface area contributed by atoms with Crippen LogP contribution in [0.4, 0.5) is 10.2 Å². The van der Waals surface area contributed by atoms with Crippen LogP contribution in [-0.4, -0.2) is 21.4 Å². The first-order chi connectivity index (χ1) is 9.99. The zero-order valence-electron chi connectivity index (χ0n) is 11.6. The van der Waals surface area contributed by atoms with Crippen LogP contribution in [0.3, 0.4) is 0 Å². The number of amides is 1. The average molecular weight is 304 g/mol. The molecule has 2 rings (SSSR count). The highest BCUT2D eigenvalue weighted by Gasteiger charge is 2.10. The van der Waals surface area contributed by atoms with E-state index >= 15 is 0 Å². The summed E-state index contributed by atoms with van der Waals surface area (Å²) >= 11 is 1.08. The minimum atomic E-state index is -0.497. The van der Waals surface area contributed by atoms with E-state index < -0.39 is 5.82 Å². The van der Waals surface area contributed by atoms with Crippen LogP contribution in [0.5, 0.6) is 0 Å². The molecule has 1 aromatic carbocycles. The predicted octanol–water partition coefficient (Wildman–Crippen LogP) is 2.47. The van der Waals surface area contributed by atoms with Gasteiger partial charge < -0.3 is 5.32 Å². The van der Waals surface area contributed by atoms with Gasteiger partial charge in [0, 0.05) is 18.0 Å². The molecule has 1 heterocycles. The molecule has 0 saturated heterocycles. The zero-order valence-corrected chi connectivity index (χ0v) is 12.4. The lowest BCUT2D eigenvalue weighted by Crippen LogP contribution is -2.16. The van der Waals surface area contributed by atoms with E-state index in [1.54, 1.807) is 17.8 Å². The van der Waals surface area contributed by atoms with Crippen molar-refractivity contribution in [3.05, 3.63) is 41.3 Å². The summed E-state index contributed by atoms with van der Waals surface area (Å²) in [5.74, 6) is -0.0686. The molecule has 0 unspecified atom stereocenters. The molecule has 1 N–H and O–H groups in total. The van der Waals surface area contributed by atoms with E-state index in [1.807, 2.05) is 13.0 Å². The molecular formula is C14H13FN4OS. The van der Waals surface area contributed by atoms with Crippen LogP contribution in [-0.2, 0) is 11.8 Å². The fourth-order valence-electron chi connectivity index (χ4n) is 1.74. The molecule has 2 aromatic rings. The Morgan fingerprint density at radius 1 is 1.52 bits per heavy atom. The standard InChI is InChI=1S/C14H13FN4OS/c1-9-5-13(19(2)18-9)17-14(20)8-21-12-4-3-10(7-16)6-11(12)15/h3-6H,8H2,1-2H3,(H,17,20). The Morgan fingerprint density at radius 3 is 2.86 bits per heavy atom. The Labute approximate surface area is 125 Å². The molecule has 21 heavy (non-hydrogen) atoms. The van der Waals surface area contributed by atoms with Gasteiger partial charge in [0.05, 0.1) is 23.1 Å². The minimum Gasteiger partial charge on any atom is -0.310 e. The van der Waals surface area contributed by atoms with Crippen molar-refractivity contribution in [2.75, 3.05) is 11.1 Å². The molecule has 108 valence electrons. The van der Waals surface area contributed by atoms with Gasteiger partial charge in [-0.2, -0.15) is 10.4 Å². The number of nitrogens with one attached hydrogen (secondary N) is 1. The fraction of sp³-hybridized carbons (Fsp3) is 0.214. The molecule has 0 saturated carbocycles. The zero-order chi connectivity index (χ0) is 15.4. The summed E-state index contributed by atoms with van der Waals surface area (Å²) in [6, 6.07) is 7.80. The predicted molar refractivity (Wildman–Crippen MR) is 78.4 cm³/mol. The number of hydrogen-bond donors (Lipinski definition) is 1. The third-order valence-electron chi connectivity index (χ3n) is 2.69. The molecule has 0 atom stereocenters. The SMILES string of the molecule is Cc1cc(NC(=O)CSc2ccc(C#N)cc2F)n(C)n1. The fourth-order valence-corrected chi connectivity index (χ4v) is 2.46. The van der Waals surface area contributed by atoms with E-state index in [0.29, 0.717) is 10.7 Å². The third-order valence-corrected chi connectivity index (χ3v) is 3.74. The Bertz CT molecular complexity index is 720. The van der Waals surface area contributed by atoms with Gasteiger partial charge in [-0.15, -0.1) is 11.8 Å². The summed E-state index contributed by atoms with van der Waals surface area (Å²) in [5.41, 5.74) is 1.06. The van der Waals surface area contributed by atoms with Crippen molar-refractivity contribution in [3.63, 3.8) is 0 Å². The van der Waals surface area contributed by atoms with Crippen LogP contribution in [0.25, 0.3) is 0 Å². The Kier molecular flexibility index (Phi) is 4.60. The number of anilines is 1. The number of hydrogen-bond acceptors (Lipinski definition) is 4. The smallest absolute Gasteiger partial charge is 0.235 e. The van der Waals surface area contributed by atoms with Gasteiger partial charge in [0.1, 0.15) is 11.6 Å². The highest BCUT2D eigenvalue weighted by atomic mass is 32.2. The molecule has 0 aliphatic heterocycles. The molecule has 0 aliphatic carbocycles. The van der Waals surface area contributed by atoms with Crippen molar-refractivity contribution >= 4 is 23.5 Å². The Morgan fingerprint density at radius 2 is 2.29 bits per heavy atom. The monoisotopic (exact) mass is 304 g/mol. The van der Waals surface area contributed by atoms with Crippen molar-refractivity contribution in [3.8, 4) is 6.07 Å². The molecule has 1 aromatic heterocycles. The second kappa shape index (κ2) is 6.41. The van der Waals surface area contributed by atoms with Crippen LogP contribution in [0, 0.1) is 24.1 Å². The lowest BCUT2D eigenvalue weighted by molar-refractivity contribution is -0.113. The van der Waals surface area contributed by atoms with Gasteiger partial charge in [-0.05, 0) is 25.1 Å². The Hall–Kier alpha value is -2.33. The summed E-state index contributed by atoms with van der Waals surface area (Å²) in [6.45, 7) is 1.83. The summed E-state index contributed by atoms with van der Waals surface area (Å²) in [6.07, 6.45) is 0. The van der Waals surface area contributed by atoms with Gasteiger partial charge >= 0.3 is 0 Å². The van der Waals surface area contributed by atoms with Gasteiger partial charge in [-0.1, -0.05) is 0 Å². The first kappa shape index (κ1) is 15.1. The maximum absolute atomic E-state index is 13.7. The van der Waals surface area contributed by atoms with Gasteiger partial charge in [-0.3, -0.25) is 9.48 Å². The van der Waals surface area contributed by atoms with Crippen molar-refractivity contribution < 1.29 is 9.18 Å². The molecule has 1 amide bonds. The van der Waals surface area contributed by atoms with Crippen LogP contribution in [0.1, 0.15) is 11.3 Å². The maximum atomic E-state index is 13.7. The first-order valence-corrected chi connectivity index (χ1v) is 7.11.